The zero-order valence-electron chi connectivity index (χ0n) is 5.97. The summed E-state index contributed by atoms with van der Waals surface area (Å²) in [6.45, 7) is 1.72. The predicted molar refractivity (Wildman–Crippen MR) is 42.5 cm³/mol. The number of carbonyl (C=O) groups excluding carboxylic acids is 1. The van der Waals surface area contributed by atoms with Gasteiger partial charge in [0.25, 0.3) is 0 Å². The largest absolute Gasteiger partial charge is 0.366 e. The van der Waals surface area contributed by atoms with E-state index in [-0.39, 0.29) is 0 Å². The summed E-state index contributed by atoms with van der Waals surface area (Å²) in [5.41, 5.74) is 5.96. The second-order valence-electron chi connectivity index (χ2n) is 2.12. The van der Waals surface area contributed by atoms with E-state index in [1.54, 1.807) is 6.92 Å². The van der Waals surface area contributed by atoms with E-state index in [0.29, 0.717) is 16.3 Å². The van der Waals surface area contributed by atoms with E-state index in [2.05, 4.69) is 4.98 Å². The molecule has 2 N–H and O–H groups in total. The Morgan fingerprint density at radius 2 is 2.36 bits per heavy atom. The zero-order chi connectivity index (χ0) is 8.43. The molecule has 0 spiro atoms. The summed E-state index contributed by atoms with van der Waals surface area (Å²) in [5, 5.41) is 0.333. The van der Waals surface area contributed by atoms with Crippen molar-refractivity contribution in [2.24, 2.45) is 5.73 Å². The van der Waals surface area contributed by atoms with Gasteiger partial charge in [-0.1, -0.05) is 11.6 Å². The smallest absolute Gasteiger partial charge is 0.250 e. The summed E-state index contributed by atoms with van der Waals surface area (Å²) in [7, 11) is 0. The number of nitrogens with zero attached hydrogens (tertiary/aromatic N) is 1. The molecule has 0 saturated heterocycles. The summed E-state index contributed by atoms with van der Waals surface area (Å²) in [5.74, 6) is -0.527. The van der Waals surface area contributed by atoms with Gasteiger partial charge in [0.1, 0.15) is 0 Å². The van der Waals surface area contributed by atoms with Crippen LogP contribution in [0.15, 0.2) is 12.3 Å². The lowest BCUT2D eigenvalue weighted by Gasteiger charge is -1.99. The van der Waals surface area contributed by atoms with Crippen molar-refractivity contribution in [1.82, 2.24) is 4.98 Å². The van der Waals surface area contributed by atoms with Crippen LogP contribution in [0.1, 0.15) is 16.1 Å². The highest BCUT2D eigenvalue weighted by Crippen LogP contribution is 2.16. The first-order chi connectivity index (χ1) is 5.13. The zero-order valence-corrected chi connectivity index (χ0v) is 6.72. The van der Waals surface area contributed by atoms with Crippen molar-refractivity contribution in [3.63, 3.8) is 0 Å². The maximum Gasteiger partial charge on any atom is 0.250 e. The minimum absolute atomic E-state index is 0.319. The van der Waals surface area contributed by atoms with Gasteiger partial charge in [0.2, 0.25) is 5.91 Å². The quantitative estimate of drug-likeness (QED) is 0.687. The Balaban J connectivity index is 3.27. The Kier molecular flexibility index (Phi) is 2.10. The molecule has 0 aliphatic rings. The third kappa shape index (κ3) is 1.49. The van der Waals surface area contributed by atoms with Gasteiger partial charge in [-0.3, -0.25) is 9.78 Å². The molecule has 0 aliphatic carbocycles. The molecule has 1 amide bonds. The van der Waals surface area contributed by atoms with Crippen LogP contribution in [0.25, 0.3) is 0 Å². The maximum absolute atomic E-state index is 10.7. The third-order valence-electron chi connectivity index (χ3n) is 1.33. The molecule has 0 aromatic carbocycles. The van der Waals surface area contributed by atoms with E-state index in [1.807, 2.05) is 0 Å². The Morgan fingerprint density at radius 1 is 1.73 bits per heavy atom. The lowest BCUT2D eigenvalue weighted by atomic mass is 10.2. The SMILES string of the molecule is Cc1nccc(C(N)=O)c1Cl. The first-order valence-corrected chi connectivity index (χ1v) is 3.41. The molecule has 1 rings (SSSR count). The molecule has 0 aliphatic heterocycles. The van der Waals surface area contributed by atoms with Gasteiger partial charge < -0.3 is 5.73 Å². The number of amides is 1. The van der Waals surface area contributed by atoms with E-state index in [1.165, 1.54) is 12.3 Å². The Labute approximate surface area is 69.2 Å². The van der Waals surface area contributed by atoms with E-state index in [0.717, 1.165) is 0 Å². The van der Waals surface area contributed by atoms with E-state index < -0.39 is 5.91 Å². The molecular formula is C7H7ClN2O. The highest BCUT2D eigenvalue weighted by Gasteiger charge is 2.07. The van der Waals surface area contributed by atoms with E-state index in [9.17, 15) is 4.79 Å². The fourth-order valence-corrected chi connectivity index (χ4v) is 0.944. The second kappa shape index (κ2) is 2.88. The van der Waals surface area contributed by atoms with Crippen molar-refractivity contribution in [3.8, 4) is 0 Å². The number of halogens is 1. The molecule has 0 atom stereocenters. The molecule has 0 unspecified atom stereocenters. The fourth-order valence-electron chi connectivity index (χ4n) is 0.739. The van der Waals surface area contributed by atoms with Crippen LogP contribution in [-0.2, 0) is 0 Å². The fraction of sp³-hybridized carbons (Fsp3) is 0.143. The average molecular weight is 171 g/mol. The van der Waals surface area contributed by atoms with Crippen LogP contribution in [0.2, 0.25) is 5.02 Å². The van der Waals surface area contributed by atoms with Crippen molar-refractivity contribution >= 4 is 17.5 Å². The minimum atomic E-state index is -0.527. The maximum atomic E-state index is 10.7. The van der Waals surface area contributed by atoms with Crippen molar-refractivity contribution in [2.45, 2.75) is 6.92 Å². The Bertz CT molecular complexity index is 298. The highest BCUT2D eigenvalue weighted by atomic mass is 35.5. The summed E-state index contributed by atoms with van der Waals surface area (Å²) >= 11 is 5.72. The van der Waals surface area contributed by atoms with Crippen molar-refractivity contribution < 1.29 is 4.79 Å². The van der Waals surface area contributed by atoms with Crippen LogP contribution in [0.5, 0.6) is 0 Å². The molecule has 1 aromatic rings. The third-order valence-corrected chi connectivity index (χ3v) is 1.81. The number of rotatable bonds is 1. The van der Waals surface area contributed by atoms with Crippen molar-refractivity contribution in [2.75, 3.05) is 0 Å². The lowest BCUT2D eigenvalue weighted by molar-refractivity contribution is 0.100. The van der Waals surface area contributed by atoms with Crippen LogP contribution in [-0.4, -0.2) is 10.9 Å². The van der Waals surface area contributed by atoms with Crippen LogP contribution in [0.3, 0.4) is 0 Å². The first kappa shape index (κ1) is 8.01. The molecule has 58 valence electrons. The standard InChI is InChI=1S/C7H7ClN2O/c1-4-6(8)5(7(9)11)2-3-10-4/h2-3H,1H3,(H2,9,11). The number of pyridine rings is 1. The molecule has 3 nitrogen and oxygen atoms in total. The lowest BCUT2D eigenvalue weighted by Crippen LogP contribution is -2.12. The van der Waals surface area contributed by atoms with Crippen LogP contribution in [0.4, 0.5) is 0 Å². The average Bonchev–Trinajstić information content (AvgIpc) is 1.94. The number of hydrogen-bond donors (Lipinski definition) is 1. The number of aromatic nitrogens is 1. The van der Waals surface area contributed by atoms with Crippen molar-refractivity contribution in [1.29, 1.82) is 0 Å². The van der Waals surface area contributed by atoms with Crippen LogP contribution < -0.4 is 5.73 Å². The molecule has 11 heavy (non-hydrogen) atoms. The number of hydrogen-bond acceptors (Lipinski definition) is 2. The summed E-state index contributed by atoms with van der Waals surface area (Å²) in [4.78, 5) is 14.6. The molecule has 0 saturated carbocycles. The number of aryl methyl sites for hydroxylation is 1. The number of primary amides is 1. The highest BCUT2D eigenvalue weighted by molar-refractivity contribution is 6.34. The molecule has 0 radical (unpaired) electrons. The van der Waals surface area contributed by atoms with E-state index >= 15 is 0 Å². The molecule has 0 bridgehead atoms. The van der Waals surface area contributed by atoms with Gasteiger partial charge >= 0.3 is 0 Å². The van der Waals surface area contributed by atoms with Crippen molar-refractivity contribution in [3.05, 3.63) is 28.5 Å². The number of nitrogens with two attached hydrogens (primary N) is 1. The molecule has 1 aromatic heterocycles. The Morgan fingerprint density at radius 3 is 2.82 bits per heavy atom. The van der Waals surface area contributed by atoms with Gasteiger partial charge in [0, 0.05) is 6.20 Å². The molecule has 0 fully saturated rings. The summed E-state index contributed by atoms with van der Waals surface area (Å²) in [6, 6.07) is 1.50. The Hall–Kier alpha value is -1.09. The first-order valence-electron chi connectivity index (χ1n) is 3.04. The van der Waals surface area contributed by atoms with Gasteiger partial charge in [-0.2, -0.15) is 0 Å². The van der Waals surface area contributed by atoms with Crippen LogP contribution in [0, 0.1) is 6.92 Å². The predicted octanol–water partition coefficient (Wildman–Crippen LogP) is 1.14. The van der Waals surface area contributed by atoms with Gasteiger partial charge in [-0.25, -0.2) is 0 Å². The second-order valence-corrected chi connectivity index (χ2v) is 2.50. The topological polar surface area (TPSA) is 56.0 Å². The monoisotopic (exact) mass is 170 g/mol. The molecular weight excluding hydrogens is 164 g/mol. The number of carbonyl (C=O) groups is 1. The van der Waals surface area contributed by atoms with Gasteiger partial charge in [0.15, 0.2) is 0 Å². The van der Waals surface area contributed by atoms with Crippen LogP contribution >= 0.6 is 11.6 Å². The normalized spacial score (nSPS) is 9.64. The molecule has 4 heteroatoms. The minimum Gasteiger partial charge on any atom is -0.366 e. The summed E-state index contributed by atoms with van der Waals surface area (Å²) < 4.78 is 0. The summed E-state index contributed by atoms with van der Waals surface area (Å²) in [6.07, 6.45) is 1.50. The van der Waals surface area contributed by atoms with E-state index in [4.69, 9.17) is 17.3 Å². The van der Waals surface area contributed by atoms with Gasteiger partial charge in [-0.15, -0.1) is 0 Å². The van der Waals surface area contributed by atoms with Gasteiger partial charge in [-0.05, 0) is 13.0 Å². The molecule has 1 heterocycles. The van der Waals surface area contributed by atoms with Gasteiger partial charge in [0.05, 0.1) is 16.3 Å².